The first kappa shape index (κ1) is 13.6. The van der Waals surface area contributed by atoms with Gasteiger partial charge in [-0.3, -0.25) is 9.78 Å². The third kappa shape index (κ3) is 2.25. The average Bonchev–Trinajstić information content (AvgIpc) is 2.87. The molecule has 1 aromatic heterocycles. The number of nitrogens with zero attached hydrogens (tertiary/aromatic N) is 1. The molecule has 1 unspecified atom stereocenters. The van der Waals surface area contributed by atoms with Crippen LogP contribution in [0.2, 0.25) is 0 Å². The molecule has 1 amide bonds. The minimum atomic E-state index is -1.03. The fraction of sp³-hybridized carbons (Fsp3) is 0.250. The van der Waals surface area contributed by atoms with Crippen molar-refractivity contribution in [2.24, 2.45) is 5.73 Å². The molecule has 0 aliphatic heterocycles. The number of nitrogens with two attached hydrogens (primary N) is 1. The van der Waals surface area contributed by atoms with Crippen molar-refractivity contribution >= 4 is 11.6 Å². The molecule has 2 aromatic rings. The van der Waals surface area contributed by atoms with E-state index >= 15 is 0 Å². The summed E-state index contributed by atoms with van der Waals surface area (Å²) in [6.45, 7) is 0. The van der Waals surface area contributed by atoms with Crippen LogP contribution in [-0.2, 0) is 16.8 Å². The number of amides is 1. The van der Waals surface area contributed by atoms with Gasteiger partial charge in [0.25, 0.3) is 0 Å². The van der Waals surface area contributed by atoms with Crippen LogP contribution in [0.1, 0.15) is 17.5 Å². The molecule has 0 spiro atoms. The Labute approximate surface area is 123 Å². The number of fused-ring (bicyclic) bond motifs is 1. The maximum Gasteiger partial charge on any atom is 0.249 e. The van der Waals surface area contributed by atoms with Gasteiger partial charge in [0, 0.05) is 6.20 Å². The van der Waals surface area contributed by atoms with E-state index < -0.39 is 5.54 Å². The van der Waals surface area contributed by atoms with Crippen LogP contribution in [0.3, 0.4) is 0 Å². The Morgan fingerprint density at radius 2 is 2.24 bits per heavy atom. The number of hydrogen-bond donors (Lipinski definition) is 2. The summed E-state index contributed by atoms with van der Waals surface area (Å²) in [5.41, 5.74) is 7.87. The molecule has 0 bridgehead atoms. The van der Waals surface area contributed by atoms with Crippen LogP contribution in [0.5, 0.6) is 5.75 Å². The molecule has 5 nitrogen and oxygen atoms in total. The van der Waals surface area contributed by atoms with E-state index in [0.29, 0.717) is 12.1 Å². The lowest BCUT2D eigenvalue weighted by Crippen LogP contribution is -2.46. The Hall–Kier alpha value is -2.40. The van der Waals surface area contributed by atoms with Gasteiger partial charge in [-0.1, -0.05) is 12.1 Å². The number of carbonyl (C=O) groups is 1. The van der Waals surface area contributed by atoms with E-state index in [-0.39, 0.29) is 5.91 Å². The summed E-state index contributed by atoms with van der Waals surface area (Å²) in [6, 6.07) is 9.21. The Balaban J connectivity index is 1.92. The minimum absolute atomic E-state index is 0.220. The summed E-state index contributed by atoms with van der Waals surface area (Å²) < 4.78 is 5.35. The lowest BCUT2D eigenvalue weighted by Gasteiger charge is -2.24. The highest BCUT2D eigenvalue weighted by Gasteiger charge is 2.42. The molecule has 1 aliphatic rings. The van der Waals surface area contributed by atoms with Crippen LogP contribution < -0.4 is 15.8 Å². The highest BCUT2D eigenvalue weighted by atomic mass is 16.5. The van der Waals surface area contributed by atoms with Crippen LogP contribution in [0.25, 0.3) is 0 Å². The van der Waals surface area contributed by atoms with Crippen molar-refractivity contribution in [3.05, 3.63) is 53.9 Å². The number of benzene rings is 1. The van der Waals surface area contributed by atoms with Gasteiger partial charge in [-0.25, -0.2) is 0 Å². The molecule has 21 heavy (non-hydrogen) atoms. The normalized spacial score (nSPS) is 19.9. The lowest BCUT2D eigenvalue weighted by molar-refractivity contribution is -0.121. The quantitative estimate of drug-likeness (QED) is 0.901. The molecule has 0 radical (unpaired) electrons. The van der Waals surface area contributed by atoms with E-state index in [9.17, 15) is 4.79 Å². The minimum Gasteiger partial charge on any atom is -0.496 e. The van der Waals surface area contributed by atoms with Gasteiger partial charge in [-0.2, -0.15) is 0 Å². The second-order valence-electron chi connectivity index (χ2n) is 5.15. The molecule has 5 heteroatoms. The molecule has 3 N–H and O–H groups in total. The van der Waals surface area contributed by atoms with Gasteiger partial charge in [0.1, 0.15) is 11.3 Å². The van der Waals surface area contributed by atoms with Gasteiger partial charge in [0.05, 0.1) is 19.0 Å². The third-order valence-corrected chi connectivity index (χ3v) is 3.93. The van der Waals surface area contributed by atoms with Crippen LogP contribution in [0.15, 0.2) is 42.7 Å². The summed E-state index contributed by atoms with van der Waals surface area (Å²) in [7, 11) is 1.63. The highest BCUT2D eigenvalue weighted by Crippen LogP contribution is 2.40. The number of anilines is 1. The summed E-state index contributed by atoms with van der Waals surface area (Å²) in [5.74, 6) is 0.566. The van der Waals surface area contributed by atoms with E-state index in [2.05, 4.69) is 10.3 Å². The molecule has 1 aromatic carbocycles. The Morgan fingerprint density at radius 3 is 2.95 bits per heavy atom. The zero-order chi connectivity index (χ0) is 14.9. The zero-order valence-corrected chi connectivity index (χ0v) is 11.8. The summed E-state index contributed by atoms with van der Waals surface area (Å²) in [5, 5.41) is 2.84. The molecule has 1 heterocycles. The molecule has 0 fully saturated rings. The molecular weight excluding hydrogens is 266 g/mol. The predicted molar refractivity (Wildman–Crippen MR) is 80.0 cm³/mol. The number of nitrogens with one attached hydrogen (secondary N) is 1. The van der Waals surface area contributed by atoms with Gasteiger partial charge >= 0.3 is 0 Å². The van der Waals surface area contributed by atoms with Gasteiger partial charge in [-0.15, -0.1) is 0 Å². The lowest BCUT2D eigenvalue weighted by atomic mass is 9.91. The first-order chi connectivity index (χ1) is 10.1. The SMILES string of the molecule is COc1cccc2c1CCC2(N)C(=O)Nc1cccnc1. The van der Waals surface area contributed by atoms with Crippen molar-refractivity contribution in [2.75, 3.05) is 12.4 Å². The van der Waals surface area contributed by atoms with E-state index in [1.54, 1.807) is 31.6 Å². The molecule has 0 saturated heterocycles. The summed E-state index contributed by atoms with van der Waals surface area (Å²) in [6.07, 6.45) is 4.55. The van der Waals surface area contributed by atoms with Crippen molar-refractivity contribution in [2.45, 2.75) is 18.4 Å². The van der Waals surface area contributed by atoms with Crippen molar-refractivity contribution in [3.63, 3.8) is 0 Å². The van der Waals surface area contributed by atoms with E-state index in [4.69, 9.17) is 10.5 Å². The molecule has 0 saturated carbocycles. The van der Waals surface area contributed by atoms with E-state index in [1.165, 1.54) is 0 Å². The average molecular weight is 283 g/mol. The van der Waals surface area contributed by atoms with Crippen LogP contribution in [0.4, 0.5) is 5.69 Å². The maximum atomic E-state index is 12.6. The standard InChI is InChI=1S/C16H17N3O2/c1-21-14-6-2-5-13-12(14)7-8-16(13,17)15(20)19-11-4-3-9-18-10-11/h2-6,9-10H,7-8,17H2,1H3,(H,19,20). The topological polar surface area (TPSA) is 77.2 Å². The number of hydrogen-bond acceptors (Lipinski definition) is 4. The Morgan fingerprint density at radius 1 is 1.38 bits per heavy atom. The number of ether oxygens (including phenoxy) is 1. The highest BCUT2D eigenvalue weighted by molar-refractivity contribution is 5.99. The Bertz CT molecular complexity index is 672. The monoisotopic (exact) mass is 283 g/mol. The van der Waals surface area contributed by atoms with Gasteiger partial charge in [-0.05, 0) is 42.2 Å². The van der Waals surface area contributed by atoms with Crippen molar-refractivity contribution in [1.29, 1.82) is 0 Å². The molecule has 108 valence electrons. The fourth-order valence-electron chi connectivity index (χ4n) is 2.80. The molecule has 3 rings (SSSR count). The van der Waals surface area contributed by atoms with Crippen molar-refractivity contribution in [3.8, 4) is 5.75 Å². The van der Waals surface area contributed by atoms with E-state index in [0.717, 1.165) is 23.3 Å². The third-order valence-electron chi connectivity index (χ3n) is 3.93. The predicted octanol–water partition coefficient (Wildman–Crippen LogP) is 1.83. The van der Waals surface area contributed by atoms with Gasteiger partial charge in [0.15, 0.2) is 0 Å². The second-order valence-corrected chi connectivity index (χ2v) is 5.15. The van der Waals surface area contributed by atoms with Crippen molar-refractivity contribution < 1.29 is 9.53 Å². The van der Waals surface area contributed by atoms with Gasteiger partial charge in [0.2, 0.25) is 5.91 Å². The zero-order valence-electron chi connectivity index (χ0n) is 11.8. The Kier molecular flexibility index (Phi) is 3.35. The molecular formula is C16H17N3O2. The number of carbonyl (C=O) groups excluding carboxylic acids is 1. The number of rotatable bonds is 3. The van der Waals surface area contributed by atoms with Crippen molar-refractivity contribution in [1.82, 2.24) is 4.98 Å². The first-order valence-electron chi connectivity index (χ1n) is 6.82. The van der Waals surface area contributed by atoms with Crippen LogP contribution in [0, 0.1) is 0 Å². The van der Waals surface area contributed by atoms with Crippen LogP contribution >= 0.6 is 0 Å². The van der Waals surface area contributed by atoms with Crippen LogP contribution in [-0.4, -0.2) is 18.0 Å². The summed E-state index contributed by atoms with van der Waals surface area (Å²) in [4.78, 5) is 16.6. The second kappa shape index (κ2) is 5.18. The largest absolute Gasteiger partial charge is 0.496 e. The number of aromatic nitrogens is 1. The number of pyridine rings is 1. The maximum absolute atomic E-state index is 12.6. The smallest absolute Gasteiger partial charge is 0.249 e. The van der Waals surface area contributed by atoms with E-state index in [1.807, 2.05) is 18.2 Å². The first-order valence-corrected chi connectivity index (χ1v) is 6.82. The molecule has 1 atom stereocenters. The molecule has 1 aliphatic carbocycles. The summed E-state index contributed by atoms with van der Waals surface area (Å²) >= 11 is 0. The fourth-order valence-corrected chi connectivity index (χ4v) is 2.80. The number of methoxy groups -OCH3 is 1. The van der Waals surface area contributed by atoms with Gasteiger partial charge < -0.3 is 15.8 Å².